The number of nitrogens with zero attached hydrogens (tertiary/aromatic N) is 2. The van der Waals surface area contributed by atoms with Gasteiger partial charge in [0.2, 0.25) is 0 Å². The Morgan fingerprint density at radius 3 is 2.60 bits per heavy atom. The van der Waals surface area contributed by atoms with Crippen LogP contribution >= 0.6 is 22.5 Å². The molecule has 0 aromatic heterocycles. The number of rotatable bonds is 1. The third-order valence-electron chi connectivity index (χ3n) is 0.0943. The van der Waals surface area contributed by atoms with E-state index in [9.17, 15) is 0 Å². The second-order valence-electron chi connectivity index (χ2n) is 0.326. The first-order valence-electron chi connectivity index (χ1n) is 0.876. The van der Waals surface area contributed by atoms with Crippen LogP contribution in [0.1, 0.15) is 0 Å². The smallest absolute Gasteiger partial charge is 0.324 e. The van der Waals surface area contributed by atoms with Gasteiger partial charge in [-0.05, 0) is 0 Å². The standard InChI is InChI=1S/CH2N2S2/c2-3-1-5-4/h1,4H. The van der Waals surface area contributed by atoms with E-state index in [1.165, 1.54) is 5.55 Å². The summed E-state index contributed by atoms with van der Waals surface area (Å²) in [6.45, 7) is 0. The van der Waals surface area contributed by atoms with Crippen LogP contribution in [0.4, 0.5) is 0 Å². The van der Waals surface area contributed by atoms with Crippen molar-refractivity contribution < 1.29 is 4.79 Å². The molecule has 0 saturated carbocycles. The van der Waals surface area contributed by atoms with Crippen molar-refractivity contribution in [3.8, 4) is 0 Å². The molecular weight excluding hydrogens is 104 g/mol. The van der Waals surface area contributed by atoms with Gasteiger partial charge in [0, 0.05) is 10.8 Å². The van der Waals surface area contributed by atoms with Gasteiger partial charge < -0.3 is 5.53 Å². The highest BCUT2D eigenvalue weighted by Crippen LogP contribution is 1.94. The minimum Gasteiger partial charge on any atom is -0.361 e. The number of thiol groups is 1. The van der Waals surface area contributed by atoms with Gasteiger partial charge in [0.05, 0.1) is 0 Å². The SMILES string of the molecule is [N-]=[N+]=CSS. The Labute approximate surface area is 39.0 Å². The normalized spacial score (nSPS) is 5.80. The molecule has 5 heavy (non-hydrogen) atoms. The van der Waals surface area contributed by atoms with Gasteiger partial charge in [-0.3, -0.25) is 0 Å². The topological polar surface area (TPSA) is 36.4 Å². The fourth-order valence-corrected chi connectivity index (χ4v) is 0.190. The summed E-state index contributed by atoms with van der Waals surface area (Å²) in [6, 6.07) is 0. The first-order chi connectivity index (χ1) is 2.41. The molecule has 0 aliphatic heterocycles. The molecule has 0 aromatic rings. The van der Waals surface area contributed by atoms with Crippen LogP contribution in [-0.2, 0) is 0 Å². The van der Waals surface area contributed by atoms with Gasteiger partial charge in [-0.15, -0.1) is 0 Å². The summed E-state index contributed by atoms with van der Waals surface area (Å²) in [5, 5.41) is 0. The lowest BCUT2D eigenvalue weighted by Gasteiger charge is -1.49. The largest absolute Gasteiger partial charge is 0.361 e. The highest BCUT2D eigenvalue weighted by atomic mass is 33.1. The highest BCUT2D eigenvalue weighted by molar-refractivity contribution is 8.74. The van der Waals surface area contributed by atoms with Gasteiger partial charge in [-0.2, -0.15) is 4.79 Å². The molecule has 2 nitrogen and oxygen atoms in total. The van der Waals surface area contributed by atoms with Crippen molar-refractivity contribution >= 4 is 28.0 Å². The molecule has 0 fully saturated rings. The molecule has 0 bridgehead atoms. The molecule has 28 valence electrons. The predicted molar refractivity (Wildman–Crippen MR) is 26.3 cm³/mol. The number of hydrogen-bond donors (Lipinski definition) is 1. The fourth-order valence-electron chi connectivity index (χ4n) is 0.0211. The maximum atomic E-state index is 7.57. The molecule has 0 rings (SSSR count). The lowest BCUT2D eigenvalue weighted by atomic mass is 11.7. The molecule has 0 saturated heterocycles. The highest BCUT2D eigenvalue weighted by Gasteiger charge is 1.63. The van der Waals surface area contributed by atoms with E-state index in [-0.39, 0.29) is 0 Å². The van der Waals surface area contributed by atoms with Crippen molar-refractivity contribution in [2.24, 2.45) is 0 Å². The van der Waals surface area contributed by atoms with Crippen molar-refractivity contribution in [1.29, 1.82) is 0 Å². The van der Waals surface area contributed by atoms with Crippen LogP contribution in [0.3, 0.4) is 0 Å². The van der Waals surface area contributed by atoms with Crippen LogP contribution in [0.15, 0.2) is 0 Å². The van der Waals surface area contributed by atoms with Crippen LogP contribution in [0, 0.1) is 0 Å². The molecule has 0 aromatic carbocycles. The number of hydrogen-bond acceptors (Lipinski definition) is 2. The average molecular weight is 106 g/mol. The summed E-state index contributed by atoms with van der Waals surface area (Å²) in [5.41, 5.74) is 8.78. The maximum Gasteiger partial charge on any atom is 0.324 e. The minimum atomic E-state index is 1.05. The lowest BCUT2D eigenvalue weighted by Crippen LogP contribution is -1.47. The zero-order valence-electron chi connectivity index (χ0n) is 2.33. The third kappa shape index (κ3) is 4.08. The zero-order valence-corrected chi connectivity index (χ0v) is 4.04. The van der Waals surface area contributed by atoms with Gasteiger partial charge >= 0.3 is 5.55 Å². The summed E-state index contributed by atoms with van der Waals surface area (Å²) in [4.78, 5) is 2.62. The van der Waals surface area contributed by atoms with Gasteiger partial charge in [0.25, 0.3) is 0 Å². The first-order valence-corrected chi connectivity index (χ1v) is 2.81. The summed E-state index contributed by atoms with van der Waals surface area (Å²) in [5.74, 6) is 0. The average Bonchev–Trinajstić information content (AvgIpc) is 1.41. The van der Waals surface area contributed by atoms with E-state index in [0.717, 1.165) is 10.8 Å². The van der Waals surface area contributed by atoms with Crippen LogP contribution < -0.4 is 0 Å². The molecule has 4 heteroatoms. The van der Waals surface area contributed by atoms with E-state index in [4.69, 9.17) is 5.53 Å². The minimum absolute atomic E-state index is 1.05. The van der Waals surface area contributed by atoms with Crippen LogP contribution in [0.25, 0.3) is 5.53 Å². The molecule has 0 unspecified atom stereocenters. The van der Waals surface area contributed by atoms with Crippen molar-refractivity contribution in [2.45, 2.75) is 0 Å². The molecule has 0 amide bonds. The van der Waals surface area contributed by atoms with Crippen molar-refractivity contribution in [3.63, 3.8) is 0 Å². The predicted octanol–water partition coefficient (Wildman–Crippen LogP) is 0.823. The summed E-state index contributed by atoms with van der Waals surface area (Å²) >= 11 is 3.61. The van der Waals surface area contributed by atoms with E-state index < -0.39 is 0 Å². The van der Waals surface area contributed by atoms with Gasteiger partial charge in [0.15, 0.2) is 0 Å². The Balaban J connectivity index is 2.93. The maximum absolute atomic E-state index is 7.57. The van der Waals surface area contributed by atoms with Crippen LogP contribution in [0.2, 0.25) is 0 Å². The molecule has 0 spiro atoms. The molecule has 0 radical (unpaired) electrons. The van der Waals surface area contributed by atoms with Crippen LogP contribution in [0.5, 0.6) is 0 Å². The van der Waals surface area contributed by atoms with Crippen LogP contribution in [-0.4, -0.2) is 10.3 Å². The Morgan fingerprint density at radius 1 is 2.00 bits per heavy atom. The van der Waals surface area contributed by atoms with E-state index >= 15 is 0 Å². The fraction of sp³-hybridized carbons (Fsp3) is 0. The van der Waals surface area contributed by atoms with Gasteiger partial charge in [-0.1, -0.05) is 11.7 Å². The third-order valence-corrected chi connectivity index (χ3v) is 0.566. The molecule has 0 aliphatic carbocycles. The Hall–Kier alpha value is 0.0800. The molecule has 0 atom stereocenters. The Morgan fingerprint density at radius 2 is 2.60 bits per heavy atom. The summed E-state index contributed by atoms with van der Waals surface area (Å²) in [6.07, 6.45) is 0. The lowest BCUT2D eigenvalue weighted by molar-refractivity contribution is 0.00847. The molecular formula is CH2N2S2. The molecule has 0 aliphatic rings. The van der Waals surface area contributed by atoms with E-state index in [0.29, 0.717) is 0 Å². The molecule has 0 N–H and O–H groups in total. The van der Waals surface area contributed by atoms with E-state index in [1.54, 1.807) is 0 Å². The monoisotopic (exact) mass is 106 g/mol. The van der Waals surface area contributed by atoms with E-state index in [2.05, 4.69) is 16.5 Å². The second kappa shape index (κ2) is 4.08. The quantitative estimate of drug-likeness (QED) is 0.132. The Bertz CT molecular complexity index is 54.7. The van der Waals surface area contributed by atoms with Crippen molar-refractivity contribution in [1.82, 2.24) is 0 Å². The van der Waals surface area contributed by atoms with Crippen molar-refractivity contribution in [3.05, 3.63) is 5.53 Å². The first kappa shape index (κ1) is 5.08. The van der Waals surface area contributed by atoms with E-state index in [1.807, 2.05) is 0 Å². The molecule has 0 heterocycles. The Kier molecular flexibility index (Phi) is 4.15. The van der Waals surface area contributed by atoms with Gasteiger partial charge in [-0.25, -0.2) is 0 Å². The second-order valence-corrected chi connectivity index (χ2v) is 1.38. The zero-order chi connectivity index (χ0) is 4.12. The summed E-state index contributed by atoms with van der Waals surface area (Å²) < 4.78 is 0. The van der Waals surface area contributed by atoms with Gasteiger partial charge in [0.1, 0.15) is 0 Å². The summed E-state index contributed by atoms with van der Waals surface area (Å²) in [7, 11) is 1.05. The van der Waals surface area contributed by atoms with Crippen molar-refractivity contribution in [2.75, 3.05) is 0 Å².